The molecule has 0 aliphatic rings. The third kappa shape index (κ3) is 3.74. The van der Waals surface area contributed by atoms with E-state index >= 15 is 0 Å². The van der Waals surface area contributed by atoms with Crippen molar-refractivity contribution in [1.29, 1.82) is 5.26 Å². The summed E-state index contributed by atoms with van der Waals surface area (Å²) in [7, 11) is 0. The SMILES string of the molecule is Cc1nc(-c2ccc(Cn3nc(C)c(-c4ccc(C#N)c(Cl)c4)c3C)cn2)sc1C. The average molecular weight is 434 g/mol. The Bertz CT molecular complexity index is 1260. The molecule has 3 aromatic heterocycles. The van der Waals surface area contributed by atoms with E-state index in [0.717, 1.165) is 44.5 Å². The van der Waals surface area contributed by atoms with Crippen LogP contribution in [0.2, 0.25) is 5.02 Å². The molecule has 0 aliphatic carbocycles. The van der Waals surface area contributed by atoms with Crippen molar-refractivity contribution in [3.63, 3.8) is 0 Å². The summed E-state index contributed by atoms with van der Waals surface area (Å²) in [5, 5.41) is 15.2. The normalized spacial score (nSPS) is 10.9. The van der Waals surface area contributed by atoms with Crippen molar-refractivity contribution in [3.05, 3.63) is 74.6 Å². The lowest BCUT2D eigenvalue weighted by Gasteiger charge is -2.07. The molecule has 1 aromatic carbocycles. The summed E-state index contributed by atoms with van der Waals surface area (Å²) >= 11 is 7.90. The first-order valence-electron chi connectivity index (χ1n) is 9.50. The van der Waals surface area contributed by atoms with Gasteiger partial charge in [-0.3, -0.25) is 9.67 Å². The second kappa shape index (κ2) is 8.02. The van der Waals surface area contributed by atoms with E-state index in [1.165, 1.54) is 4.88 Å². The predicted molar refractivity (Wildman–Crippen MR) is 121 cm³/mol. The van der Waals surface area contributed by atoms with Gasteiger partial charge in [-0.05, 0) is 57.0 Å². The first kappa shape index (κ1) is 20.3. The molecule has 150 valence electrons. The number of nitriles is 1. The number of rotatable bonds is 4. The van der Waals surface area contributed by atoms with Gasteiger partial charge in [0, 0.05) is 22.3 Å². The first-order chi connectivity index (χ1) is 14.4. The number of hydrogen-bond acceptors (Lipinski definition) is 5. The molecule has 0 spiro atoms. The number of thiazole rings is 1. The van der Waals surface area contributed by atoms with E-state index in [0.29, 0.717) is 17.1 Å². The van der Waals surface area contributed by atoms with E-state index < -0.39 is 0 Å². The Morgan fingerprint density at radius 2 is 1.90 bits per heavy atom. The highest BCUT2D eigenvalue weighted by Crippen LogP contribution is 2.31. The Labute approximate surface area is 184 Å². The summed E-state index contributed by atoms with van der Waals surface area (Å²) in [5.74, 6) is 0. The van der Waals surface area contributed by atoms with Gasteiger partial charge >= 0.3 is 0 Å². The Hall–Kier alpha value is -3.01. The molecule has 4 rings (SSSR count). The maximum Gasteiger partial charge on any atom is 0.142 e. The summed E-state index contributed by atoms with van der Waals surface area (Å²) in [6.07, 6.45) is 1.89. The lowest BCUT2D eigenvalue weighted by molar-refractivity contribution is 0.657. The lowest BCUT2D eigenvalue weighted by Crippen LogP contribution is -2.04. The number of nitrogens with zero attached hydrogens (tertiary/aromatic N) is 5. The summed E-state index contributed by atoms with van der Waals surface area (Å²) < 4.78 is 1.98. The van der Waals surface area contributed by atoms with Gasteiger partial charge in [0.05, 0.1) is 34.2 Å². The molecule has 30 heavy (non-hydrogen) atoms. The van der Waals surface area contributed by atoms with Crippen LogP contribution in [0.1, 0.15) is 33.1 Å². The Morgan fingerprint density at radius 3 is 2.50 bits per heavy atom. The van der Waals surface area contributed by atoms with Crippen LogP contribution < -0.4 is 0 Å². The second-order valence-corrected chi connectivity index (χ2v) is 8.83. The van der Waals surface area contributed by atoms with Gasteiger partial charge in [-0.15, -0.1) is 11.3 Å². The van der Waals surface area contributed by atoms with Crippen LogP contribution in [0, 0.1) is 39.0 Å². The fraction of sp³-hybridized carbons (Fsp3) is 0.217. The van der Waals surface area contributed by atoms with E-state index in [1.807, 2.05) is 49.8 Å². The zero-order valence-corrected chi connectivity index (χ0v) is 18.8. The molecule has 0 saturated carbocycles. The van der Waals surface area contributed by atoms with E-state index in [9.17, 15) is 0 Å². The molecular formula is C23H20ClN5S. The standard InChI is InChI=1S/C23H20ClN5S/c1-13-16(4)30-23(27-13)21-8-5-17(11-26-21)12-29-15(3)22(14(2)28-29)18-6-7-19(10-25)20(24)9-18/h5-9,11H,12H2,1-4H3. The highest BCUT2D eigenvalue weighted by Gasteiger charge is 2.15. The Kier molecular flexibility index (Phi) is 5.42. The van der Waals surface area contributed by atoms with Crippen LogP contribution >= 0.6 is 22.9 Å². The molecule has 0 aliphatic heterocycles. The van der Waals surface area contributed by atoms with Crippen molar-refractivity contribution >= 4 is 22.9 Å². The average Bonchev–Trinajstić information content (AvgIpc) is 3.20. The Morgan fingerprint density at radius 1 is 1.10 bits per heavy atom. The quantitative estimate of drug-likeness (QED) is 0.403. The highest BCUT2D eigenvalue weighted by atomic mass is 35.5. The molecule has 0 bridgehead atoms. The molecule has 0 N–H and O–H groups in total. The molecular weight excluding hydrogens is 414 g/mol. The molecule has 7 heteroatoms. The number of aromatic nitrogens is 4. The first-order valence-corrected chi connectivity index (χ1v) is 10.7. The van der Waals surface area contributed by atoms with Gasteiger partial charge in [-0.1, -0.05) is 23.7 Å². The van der Waals surface area contributed by atoms with Gasteiger partial charge in [0.2, 0.25) is 0 Å². The van der Waals surface area contributed by atoms with Crippen LogP contribution in [-0.2, 0) is 6.54 Å². The third-order valence-corrected chi connectivity index (χ3v) is 6.57. The van der Waals surface area contributed by atoms with E-state index in [4.69, 9.17) is 22.0 Å². The van der Waals surface area contributed by atoms with Crippen LogP contribution in [0.4, 0.5) is 0 Å². The van der Waals surface area contributed by atoms with Gasteiger partial charge in [-0.2, -0.15) is 10.4 Å². The predicted octanol–water partition coefficient (Wildman–Crippen LogP) is 5.88. The van der Waals surface area contributed by atoms with Gasteiger partial charge < -0.3 is 0 Å². The topological polar surface area (TPSA) is 67.4 Å². The van der Waals surface area contributed by atoms with Crippen LogP contribution in [0.5, 0.6) is 0 Å². The van der Waals surface area contributed by atoms with Gasteiger partial charge in [-0.25, -0.2) is 4.98 Å². The minimum absolute atomic E-state index is 0.453. The zero-order valence-electron chi connectivity index (χ0n) is 17.2. The summed E-state index contributed by atoms with van der Waals surface area (Å²) in [6.45, 7) is 8.75. The molecule has 0 saturated heterocycles. The molecule has 4 aromatic rings. The molecule has 0 fully saturated rings. The number of hydrogen-bond donors (Lipinski definition) is 0. The Balaban J connectivity index is 1.61. The lowest BCUT2D eigenvalue weighted by atomic mass is 10.0. The number of pyridine rings is 1. The second-order valence-electron chi connectivity index (χ2n) is 7.22. The number of halogens is 1. The molecule has 0 atom stereocenters. The molecule has 0 unspecified atom stereocenters. The van der Waals surface area contributed by atoms with Crippen LogP contribution in [0.15, 0.2) is 36.5 Å². The number of benzene rings is 1. The number of aryl methyl sites for hydroxylation is 3. The fourth-order valence-corrected chi connectivity index (χ4v) is 4.54. The van der Waals surface area contributed by atoms with Gasteiger partial charge in [0.1, 0.15) is 11.1 Å². The van der Waals surface area contributed by atoms with E-state index in [1.54, 1.807) is 17.4 Å². The molecule has 0 radical (unpaired) electrons. The maximum absolute atomic E-state index is 9.10. The van der Waals surface area contributed by atoms with Crippen LogP contribution in [-0.4, -0.2) is 19.7 Å². The summed E-state index contributed by atoms with van der Waals surface area (Å²) in [4.78, 5) is 10.4. The largest absolute Gasteiger partial charge is 0.264 e. The van der Waals surface area contributed by atoms with Crippen molar-refractivity contribution in [1.82, 2.24) is 19.7 Å². The van der Waals surface area contributed by atoms with Gasteiger partial charge in [0.25, 0.3) is 0 Å². The van der Waals surface area contributed by atoms with E-state index in [-0.39, 0.29) is 0 Å². The van der Waals surface area contributed by atoms with Crippen LogP contribution in [0.3, 0.4) is 0 Å². The highest BCUT2D eigenvalue weighted by molar-refractivity contribution is 7.15. The van der Waals surface area contributed by atoms with Gasteiger partial charge in [0.15, 0.2) is 0 Å². The molecule has 0 amide bonds. The smallest absolute Gasteiger partial charge is 0.142 e. The van der Waals surface area contributed by atoms with Crippen molar-refractivity contribution < 1.29 is 0 Å². The van der Waals surface area contributed by atoms with Crippen LogP contribution in [0.25, 0.3) is 21.8 Å². The minimum atomic E-state index is 0.453. The van der Waals surface area contributed by atoms with Crippen molar-refractivity contribution in [2.45, 2.75) is 34.2 Å². The van der Waals surface area contributed by atoms with Crippen molar-refractivity contribution in [2.24, 2.45) is 0 Å². The fourth-order valence-electron chi connectivity index (χ4n) is 3.43. The summed E-state index contributed by atoms with van der Waals surface area (Å²) in [6, 6.07) is 11.7. The molecule has 5 nitrogen and oxygen atoms in total. The third-order valence-electron chi connectivity index (χ3n) is 5.16. The monoisotopic (exact) mass is 433 g/mol. The summed E-state index contributed by atoms with van der Waals surface area (Å²) in [5.41, 5.74) is 7.46. The zero-order chi connectivity index (χ0) is 21.4. The minimum Gasteiger partial charge on any atom is -0.264 e. The van der Waals surface area contributed by atoms with Crippen molar-refractivity contribution in [2.75, 3.05) is 0 Å². The maximum atomic E-state index is 9.10. The van der Waals surface area contributed by atoms with Crippen molar-refractivity contribution in [3.8, 4) is 27.9 Å². The molecule has 3 heterocycles. The van der Waals surface area contributed by atoms with E-state index in [2.05, 4.69) is 29.0 Å².